The third-order valence-electron chi connectivity index (χ3n) is 2.40. The Kier molecular flexibility index (Phi) is 4.55. The average Bonchev–Trinajstić information content (AvgIpc) is 2.32. The third kappa shape index (κ3) is 3.41. The highest BCUT2D eigenvalue weighted by atomic mass is 127. The molecule has 0 spiro atoms. The van der Waals surface area contributed by atoms with E-state index in [9.17, 15) is 8.78 Å². The van der Waals surface area contributed by atoms with Gasteiger partial charge >= 0.3 is 0 Å². The lowest BCUT2D eigenvalue weighted by atomic mass is 10.2. The normalized spacial score (nSPS) is 10.4. The van der Waals surface area contributed by atoms with Crippen LogP contribution in [0.25, 0.3) is 0 Å². The van der Waals surface area contributed by atoms with Crippen LogP contribution in [0.1, 0.15) is 5.56 Å². The maximum atomic E-state index is 13.3. The summed E-state index contributed by atoms with van der Waals surface area (Å²) in [5, 5.41) is 3.15. The predicted molar refractivity (Wildman–Crippen MR) is 80.5 cm³/mol. The highest BCUT2D eigenvalue weighted by molar-refractivity contribution is 14.1. The second kappa shape index (κ2) is 5.97. The van der Waals surface area contributed by atoms with Gasteiger partial charge in [-0.15, -0.1) is 0 Å². The highest BCUT2D eigenvalue weighted by Gasteiger charge is 2.03. The monoisotopic (exact) mass is 423 g/mol. The molecule has 0 atom stereocenters. The fourth-order valence-corrected chi connectivity index (χ4v) is 2.39. The first kappa shape index (κ1) is 13.7. The first-order valence-corrected chi connectivity index (χ1v) is 7.06. The molecule has 0 saturated carbocycles. The zero-order valence-corrected chi connectivity index (χ0v) is 12.9. The van der Waals surface area contributed by atoms with Gasteiger partial charge in [0.25, 0.3) is 0 Å². The zero-order valence-electron chi connectivity index (χ0n) is 9.18. The number of hydrogen-bond donors (Lipinski definition) is 1. The van der Waals surface area contributed by atoms with Crippen molar-refractivity contribution in [3.05, 3.63) is 61.6 Å². The summed E-state index contributed by atoms with van der Waals surface area (Å²) in [5.74, 6) is -0.553. The van der Waals surface area contributed by atoms with Gasteiger partial charge in [0.1, 0.15) is 11.6 Å². The number of halogens is 4. The molecule has 1 N–H and O–H groups in total. The van der Waals surface area contributed by atoms with Crippen LogP contribution in [0, 0.1) is 15.2 Å². The number of hydrogen-bond acceptors (Lipinski definition) is 1. The van der Waals surface area contributed by atoms with Crippen LogP contribution < -0.4 is 5.32 Å². The van der Waals surface area contributed by atoms with Crippen molar-refractivity contribution >= 4 is 44.2 Å². The van der Waals surface area contributed by atoms with Crippen LogP contribution in [0.4, 0.5) is 14.5 Å². The van der Waals surface area contributed by atoms with Crippen LogP contribution in [0.5, 0.6) is 0 Å². The minimum absolute atomic E-state index is 0.264. The van der Waals surface area contributed by atoms with E-state index in [-0.39, 0.29) is 11.6 Å². The number of rotatable bonds is 3. The molecule has 0 aromatic heterocycles. The van der Waals surface area contributed by atoms with E-state index in [0.717, 1.165) is 14.8 Å². The van der Waals surface area contributed by atoms with E-state index in [1.54, 1.807) is 12.1 Å². The maximum Gasteiger partial charge on any atom is 0.137 e. The van der Waals surface area contributed by atoms with Crippen LogP contribution in [-0.4, -0.2) is 0 Å². The van der Waals surface area contributed by atoms with E-state index in [2.05, 4.69) is 43.8 Å². The number of nitrogens with one attached hydrogen (secondary N) is 1. The summed E-state index contributed by atoms with van der Waals surface area (Å²) in [6.45, 7) is 0.492. The van der Waals surface area contributed by atoms with Crippen LogP contribution >= 0.6 is 38.5 Å². The third-order valence-corrected chi connectivity index (χ3v) is 3.93. The topological polar surface area (TPSA) is 12.0 Å². The largest absolute Gasteiger partial charge is 0.380 e. The summed E-state index contributed by atoms with van der Waals surface area (Å²) in [6, 6.07) is 9.48. The lowest BCUT2D eigenvalue weighted by molar-refractivity contribution is 0.619. The van der Waals surface area contributed by atoms with Gasteiger partial charge in [0, 0.05) is 15.8 Å². The van der Waals surface area contributed by atoms with Crippen LogP contribution in [0.2, 0.25) is 0 Å². The Bertz CT molecular complexity index is 575. The molecule has 0 radical (unpaired) electrons. The summed E-state index contributed by atoms with van der Waals surface area (Å²) in [4.78, 5) is 0. The first-order valence-electron chi connectivity index (χ1n) is 5.19. The Hall–Kier alpha value is -0.690. The molecule has 0 bridgehead atoms. The van der Waals surface area contributed by atoms with Gasteiger partial charge in [-0.05, 0) is 74.4 Å². The zero-order chi connectivity index (χ0) is 13.1. The number of anilines is 1. The SMILES string of the molecule is Fc1ccc(NCc2ccc(Br)c(F)c2)c(I)c1. The van der Waals surface area contributed by atoms with E-state index in [4.69, 9.17) is 0 Å². The average molecular weight is 424 g/mol. The molecule has 0 heterocycles. The fraction of sp³-hybridized carbons (Fsp3) is 0.0769. The molecule has 0 aliphatic carbocycles. The van der Waals surface area contributed by atoms with E-state index in [1.165, 1.54) is 18.2 Å². The molecule has 2 aromatic rings. The van der Waals surface area contributed by atoms with Gasteiger partial charge in [-0.1, -0.05) is 6.07 Å². The highest BCUT2D eigenvalue weighted by Crippen LogP contribution is 2.21. The molecule has 18 heavy (non-hydrogen) atoms. The van der Waals surface area contributed by atoms with E-state index in [0.29, 0.717) is 11.0 Å². The fourth-order valence-electron chi connectivity index (χ4n) is 1.48. The quantitative estimate of drug-likeness (QED) is 0.689. The molecule has 94 valence electrons. The Morgan fingerprint density at radius 3 is 2.56 bits per heavy atom. The molecule has 1 nitrogen and oxygen atoms in total. The van der Waals surface area contributed by atoms with Crippen molar-refractivity contribution < 1.29 is 8.78 Å². The molecule has 0 unspecified atom stereocenters. The molecule has 2 aromatic carbocycles. The van der Waals surface area contributed by atoms with Crippen molar-refractivity contribution in [2.24, 2.45) is 0 Å². The summed E-state index contributed by atoms with van der Waals surface area (Å²) in [7, 11) is 0. The summed E-state index contributed by atoms with van der Waals surface area (Å²) < 4.78 is 27.5. The standard InChI is InChI=1S/C13H9BrF2IN/c14-10-3-1-8(5-11(10)16)7-18-13-4-2-9(15)6-12(13)17/h1-6,18H,7H2. The van der Waals surface area contributed by atoms with E-state index < -0.39 is 0 Å². The molecule has 5 heteroatoms. The molecule has 0 amide bonds. The Labute approximate surface area is 126 Å². The van der Waals surface area contributed by atoms with Crippen LogP contribution in [0.3, 0.4) is 0 Å². The van der Waals surface area contributed by atoms with Gasteiger partial charge in [0.2, 0.25) is 0 Å². The Morgan fingerprint density at radius 1 is 1.11 bits per heavy atom. The van der Waals surface area contributed by atoms with Crippen molar-refractivity contribution in [2.45, 2.75) is 6.54 Å². The van der Waals surface area contributed by atoms with E-state index in [1.807, 2.05) is 6.07 Å². The second-order valence-corrected chi connectivity index (χ2v) is 5.74. The van der Waals surface area contributed by atoms with Gasteiger partial charge in [0.15, 0.2) is 0 Å². The van der Waals surface area contributed by atoms with Crippen molar-refractivity contribution in [2.75, 3.05) is 5.32 Å². The molecule has 0 saturated heterocycles. The molecular formula is C13H9BrF2IN. The van der Waals surface area contributed by atoms with Gasteiger partial charge in [0.05, 0.1) is 4.47 Å². The molecule has 2 rings (SSSR count). The van der Waals surface area contributed by atoms with Gasteiger partial charge in [-0.2, -0.15) is 0 Å². The molecular weight excluding hydrogens is 415 g/mol. The van der Waals surface area contributed by atoms with Crippen molar-refractivity contribution in [3.8, 4) is 0 Å². The Morgan fingerprint density at radius 2 is 1.89 bits per heavy atom. The second-order valence-electron chi connectivity index (χ2n) is 3.73. The molecule has 0 fully saturated rings. The molecule has 0 aliphatic heterocycles. The summed E-state index contributed by atoms with van der Waals surface area (Å²) in [5.41, 5.74) is 1.66. The van der Waals surface area contributed by atoms with Crippen molar-refractivity contribution in [1.29, 1.82) is 0 Å². The van der Waals surface area contributed by atoms with E-state index >= 15 is 0 Å². The van der Waals surface area contributed by atoms with Crippen molar-refractivity contribution in [1.82, 2.24) is 0 Å². The predicted octanol–water partition coefficient (Wildman–Crippen LogP) is 4.94. The van der Waals surface area contributed by atoms with Crippen molar-refractivity contribution in [3.63, 3.8) is 0 Å². The first-order chi connectivity index (χ1) is 8.56. The van der Waals surface area contributed by atoms with Crippen LogP contribution in [-0.2, 0) is 6.54 Å². The summed E-state index contributed by atoms with van der Waals surface area (Å²) in [6.07, 6.45) is 0. The summed E-state index contributed by atoms with van der Waals surface area (Å²) >= 11 is 5.16. The lowest BCUT2D eigenvalue weighted by Gasteiger charge is -2.09. The maximum absolute atomic E-state index is 13.3. The van der Waals surface area contributed by atoms with Gasteiger partial charge in [-0.3, -0.25) is 0 Å². The Balaban J connectivity index is 2.09. The molecule has 0 aliphatic rings. The minimum Gasteiger partial charge on any atom is -0.380 e. The minimum atomic E-state index is -0.289. The smallest absolute Gasteiger partial charge is 0.137 e. The van der Waals surface area contributed by atoms with Gasteiger partial charge in [-0.25, -0.2) is 8.78 Å². The lowest BCUT2D eigenvalue weighted by Crippen LogP contribution is -2.01. The van der Waals surface area contributed by atoms with Crippen LogP contribution in [0.15, 0.2) is 40.9 Å². The number of benzene rings is 2. The van der Waals surface area contributed by atoms with Gasteiger partial charge < -0.3 is 5.32 Å².